The number of hydrogen-bond acceptors (Lipinski definition) is 3. The van der Waals surface area contributed by atoms with Crippen molar-refractivity contribution in [2.24, 2.45) is 0 Å². The fourth-order valence-electron chi connectivity index (χ4n) is 2.37. The van der Waals surface area contributed by atoms with Crippen LogP contribution in [0.1, 0.15) is 16.7 Å². The average Bonchev–Trinajstić information content (AvgIpc) is 2.36. The van der Waals surface area contributed by atoms with Gasteiger partial charge in [-0.05, 0) is 43.5 Å². The Morgan fingerprint density at radius 2 is 1.89 bits per heavy atom. The molecular formula is C15H24N2O. The molecule has 3 nitrogen and oxygen atoms in total. The molecule has 0 saturated carbocycles. The maximum Gasteiger partial charge on any atom is 0.122 e. The molecule has 0 spiro atoms. The lowest BCUT2D eigenvalue weighted by molar-refractivity contribution is 0.191. The number of rotatable bonds is 4. The molecule has 0 amide bonds. The second-order valence-electron chi connectivity index (χ2n) is 5.15. The molecule has 18 heavy (non-hydrogen) atoms. The van der Waals surface area contributed by atoms with E-state index in [1.165, 1.54) is 16.7 Å². The van der Waals surface area contributed by atoms with Gasteiger partial charge in [0.2, 0.25) is 0 Å². The molecule has 2 rings (SSSR count). The third kappa shape index (κ3) is 3.47. The molecule has 1 aliphatic heterocycles. The van der Waals surface area contributed by atoms with Gasteiger partial charge < -0.3 is 10.1 Å². The predicted octanol–water partition coefficient (Wildman–Crippen LogP) is 1.90. The fourth-order valence-corrected chi connectivity index (χ4v) is 2.37. The molecule has 1 aromatic rings. The van der Waals surface area contributed by atoms with Gasteiger partial charge in [0, 0.05) is 32.7 Å². The first-order valence-corrected chi connectivity index (χ1v) is 6.80. The molecule has 0 bridgehead atoms. The number of hydrogen-bond donors (Lipinski definition) is 1. The maximum absolute atomic E-state index is 5.94. The number of ether oxygens (including phenoxy) is 1. The predicted molar refractivity (Wildman–Crippen MR) is 75.5 cm³/mol. The van der Waals surface area contributed by atoms with Crippen LogP contribution in [0.2, 0.25) is 0 Å². The van der Waals surface area contributed by atoms with Gasteiger partial charge in [0.05, 0.1) is 0 Å². The lowest BCUT2D eigenvalue weighted by Gasteiger charge is -2.27. The zero-order chi connectivity index (χ0) is 13.0. The smallest absolute Gasteiger partial charge is 0.122 e. The maximum atomic E-state index is 5.94. The quantitative estimate of drug-likeness (QED) is 0.880. The summed E-state index contributed by atoms with van der Waals surface area (Å²) in [6.07, 6.45) is 0. The lowest BCUT2D eigenvalue weighted by atomic mass is 10.1. The van der Waals surface area contributed by atoms with Crippen molar-refractivity contribution < 1.29 is 4.74 Å². The van der Waals surface area contributed by atoms with Gasteiger partial charge >= 0.3 is 0 Å². The Bertz CT molecular complexity index is 398. The summed E-state index contributed by atoms with van der Waals surface area (Å²) in [6, 6.07) is 4.35. The minimum Gasteiger partial charge on any atom is -0.492 e. The number of nitrogens with one attached hydrogen (secondary N) is 1. The van der Waals surface area contributed by atoms with Gasteiger partial charge in [0.1, 0.15) is 12.4 Å². The van der Waals surface area contributed by atoms with Crippen molar-refractivity contribution >= 4 is 0 Å². The van der Waals surface area contributed by atoms with Crippen molar-refractivity contribution in [3.05, 3.63) is 28.8 Å². The monoisotopic (exact) mass is 248 g/mol. The van der Waals surface area contributed by atoms with Crippen LogP contribution in [0.3, 0.4) is 0 Å². The van der Waals surface area contributed by atoms with Gasteiger partial charge in [-0.25, -0.2) is 0 Å². The summed E-state index contributed by atoms with van der Waals surface area (Å²) in [6.45, 7) is 12.7. The first kappa shape index (κ1) is 13.4. The van der Waals surface area contributed by atoms with E-state index >= 15 is 0 Å². The molecule has 0 radical (unpaired) electrons. The van der Waals surface area contributed by atoms with E-state index in [1.54, 1.807) is 0 Å². The summed E-state index contributed by atoms with van der Waals surface area (Å²) in [5, 5.41) is 3.36. The highest BCUT2D eigenvalue weighted by atomic mass is 16.5. The Labute approximate surface area is 110 Å². The molecule has 0 aromatic heterocycles. The normalized spacial score (nSPS) is 16.8. The van der Waals surface area contributed by atoms with Crippen molar-refractivity contribution in [3.8, 4) is 5.75 Å². The van der Waals surface area contributed by atoms with E-state index in [-0.39, 0.29) is 0 Å². The highest BCUT2D eigenvalue weighted by Crippen LogP contribution is 2.23. The summed E-state index contributed by atoms with van der Waals surface area (Å²) in [5.41, 5.74) is 3.85. The zero-order valence-corrected chi connectivity index (χ0v) is 11.8. The van der Waals surface area contributed by atoms with Gasteiger partial charge in [-0.15, -0.1) is 0 Å². The van der Waals surface area contributed by atoms with E-state index in [9.17, 15) is 0 Å². The number of benzene rings is 1. The van der Waals surface area contributed by atoms with Gasteiger partial charge in [-0.1, -0.05) is 6.07 Å². The van der Waals surface area contributed by atoms with Crippen LogP contribution in [0.25, 0.3) is 0 Å². The topological polar surface area (TPSA) is 24.5 Å². The molecule has 1 aliphatic rings. The molecule has 1 heterocycles. The summed E-state index contributed by atoms with van der Waals surface area (Å²) in [5.74, 6) is 1.04. The minimum atomic E-state index is 0.781. The summed E-state index contributed by atoms with van der Waals surface area (Å²) in [7, 11) is 0. The Kier molecular flexibility index (Phi) is 4.61. The molecular weight excluding hydrogens is 224 g/mol. The molecule has 1 fully saturated rings. The molecule has 1 saturated heterocycles. The molecule has 0 aliphatic carbocycles. The van der Waals surface area contributed by atoms with E-state index in [2.05, 4.69) is 43.1 Å². The molecule has 3 heteroatoms. The van der Waals surface area contributed by atoms with Crippen molar-refractivity contribution in [2.45, 2.75) is 20.8 Å². The van der Waals surface area contributed by atoms with Crippen LogP contribution in [0.5, 0.6) is 5.75 Å². The average molecular weight is 248 g/mol. The summed E-state index contributed by atoms with van der Waals surface area (Å²) < 4.78 is 5.94. The van der Waals surface area contributed by atoms with Gasteiger partial charge in [0.15, 0.2) is 0 Å². The molecule has 1 aromatic carbocycles. The van der Waals surface area contributed by atoms with Crippen molar-refractivity contribution in [1.82, 2.24) is 10.2 Å². The van der Waals surface area contributed by atoms with E-state index in [4.69, 9.17) is 4.74 Å². The number of aryl methyl sites for hydroxylation is 2. The second kappa shape index (κ2) is 6.21. The second-order valence-corrected chi connectivity index (χ2v) is 5.15. The van der Waals surface area contributed by atoms with Crippen molar-refractivity contribution in [2.75, 3.05) is 39.3 Å². The summed E-state index contributed by atoms with van der Waals surface area (Å²) in [4.78, 5) is 2.45. The Morgan fingerprint density at radius 1 is 1.17 bits per heavy atom. The van der Waals surface area contributed by atoms with Crippen molar-refractivity contribution in [1.29, 1.82) is 0 Å². The van der Waals surface area contributed by atoms with Crippen LogP contribution in [0.15, 0.2) is 12.1 Å². The van der Waals surface area contributed by atoms with E-state index in [0.29, 0.717) is 0 Å². The highest BCUT2D eigenvalue weighted by Gasteiger charge is 2.09. The molecule has 100 valence electrons. The van der Waals surface area contributed by atoms with Crippen LogP contribution in [-0.2, 0) is 0 Å². The van der Waals surface area contributed by atoms with E-state index < -0.39 is 0 Å². The van der Waals surface area contributed by atoms with Crippen LogP contribution >= 0.6 is 0 Å². The summed E-state index contributed by atoms with van der Waals surface area (Å²) >= 11 is 0. The zero-order valence-electron chi connectivity index (χ0n) is 11.8. The van der Waals surface area contributed by atoms with Crippen LogP contribution in [-0.4, -0.2) is 44.2 Å². The van der Waals surface area contributed by atoms with E-state index in [0.717, 1.165) is 45.1 Å². The standard InChI is InChI=1S/C15H24N2O/c1-12-10-13(2)14(3)15(11-12)18-9-8-17-6-4-16-5-7-17/h10-11,16H,4-9H2,1-3H3. The SMILES string of the molecule is Cc1cc(C)c(C)c(OCCN2CCNCC2)c1. The number of nitrogens with zero attached hydrogens (tertiary/aromatic N) is 1. The molecule has 0 unspecified atom stereocenters. The van der Waals surface area contributed by atoms with Crippen LogP contribution < -0.4 is 10.1 Å². The third-order valence-corrected chi connectivity index (χ3v) is 3.64. The lowest BCUT2D eigenvalue weighted by Crippen LogP contribution is -2.44. The highest BCUT2D eigenvalue weighted by molar-refractivity contribution is 5.41. The third-order valence-electron chi connectivity index (χ3n) is 3.64. The molecule has 1 N–H and O–H groups in total. The van der Waals surface area contributed by atoms with Crippen molar-refractivity contribution in [3.63, 3.8) is 0 Å². The van der Waals surface area contributed by atoms with Gasteiger partial charge in [-0.2, -0.15) is 0 Å². The Hall–Kier alpha value is -1.06. The largest absolute Gasteiger partial charge is 0.492 e. The van der Waals surface area contributed by atoms with Crippen LogP contribution in [0, 0.1) is 20.8 Å². The van der Waals surface area contributed by atoms with E-state index in [1.807, 2.05) is 0 Å². The van der Waals surface area contributed by atoms with Gasteiger partial charge in [0.25, 0.3) is 0 Å². The van der Waals surface area contributed by atoms with Gasteiger partial charge in [-0.3, -0.25) is 4.90 Å². The molecule has 0 atom stereocenters. The first-order chi connectivity index (χ1) is 8.66. The Morgan fingerprint density at radius 3 is 2.61 bits per heavy atom. The minimum absolute atomic E-state index is 0.781. The fraction of sp³-hybridized carbons (Fsp3) is 0.600. The Balaban J connectivity index is 1.86. The van der Waals surface area contributed by atoms with Crippen LogP contribution in [0.4, 0.5) is 0 Å². The number of piperazine rings is 1. The first-order valence-electron chi connectivity index (χ1n) is 6.80.